The third-order valence-corrected chi connectivity index (χ3v) is 5.31. The minimum atomic E-state index is -3.11. The molecule has 108 valence electrons. The van der Waals surface area contributed by atoms with Crippen LogP contribution in [0.3, 0.4) is 0 Å². The third kappa shape index (κ3) is 3.91. The topological polar surface area (TPSA) is 46.2 Å². The molecule has 1 aromatic carbocycles. The lowest BCUT2D eigenvalue weighted by Gasteiger charge is -2.15. The van der Waals surface area contributed by atoms with Gasteiger partial charge in [-0.05, 0) is 35.6 Å². The molecule has 1 unspecified atom stereocenters. The first-order valence-electron chi connectivity index (χ1n) is 6.56. The summed E-state index contributed by atoms with van der Waals surface area (Å²) in [5, 5.41) is 5.59. The molecule has 0 bridgehead atoms. The van der Waals surface area contributed by atoms with Gasteiger partial charge in [0.05, 0.1) is 4.90 Å². The van der Waals surface area contributed by atoms with Crippen molar-refractivity contribution in [3.63, 3.8) is 0 Å². The summed E-state index contributed by atoms with van der Waals surface area (Å²) in [7, 11) is -3.11. The minimum absolute atomic E-state index is 0.351. The van der Waals surface area contributed by atoms with Gasteiger partial charge >= 0.3 is 0 Å². The maximum absolute atomic E-state index is 11.4. The van der Waals surface area contributed by atoms with Crippen molar-refractivity contribution in [1.29, 1.82) is 0 Å². The summed E-state index contributed by atoms with van der Waals surface area (Å²) < 4.78 is 22.8. The Morgan fingerprint density at radius 3 is 2.40 bits per heavy atom. The highest BCUT2D eigenvalue weighted by Crippen LogP contribution is 2.22. The second-order valence-corrected chi connectivity index (χ2v) is 7.77. The summed E-state index contributed by atoms with van der Waals surface area (Å²) in [6, 6.07) is 11.6. The van der Waals surface area contributed by atoms with E-state index < -0.39 is 9.84 Å². The Morgan fingerprint density at radius 1 is 1.20 bits per heavy atom. The number of benzene rings is 1. The lowest BCUT2D eigenvalue weighted by atomic mass is 10.1. The van der Waals surface area contributed by atoms with Crippen molar-refractivity contribution in [2.75, 3.05) is 6.26 Å². The molecule has 1 heterocycles. The van der Waals surface area contributed by atoms with E-state index in [9.17, 15) is 8.42 Å². The summed E-state index contributed by atoms with van der Waals surface area (Å²) in [5.74, 6) is 0. The van der Waals surface area contributed by atoms with Crippen LogP contribution < -0.4 is 5.32 Å². The van der Waals surface area contributed by atoms with E-state index in [1.807, 2.05) is 12.1 Å². The fourth-order valence-electron chi connectivity index (χ4n) is 2.03. The van der Waals surface area contributed by atoms with Crippen molar-refractivity contribution in [2.45, 2.75) is 30.8 Å². The summed E-state index contributed by atoms with van der Waals surface area (Å²) >= 11 is 1.75. The third-order valence-electron chi connectivity index (χ3n) is 3.20. The second kappa shape index (κ2) is 6.52. The number of sulfone groups is 1. The minimum Gasteiger partial charge on any atom is -0.305 e. The van der Waals surface area contributed by atoms with E-state index in [1.54, 1.807) is 23.5 Å². The highest BCUT2D eigenvalue weighted by atomic mass is 32.2. The van der Waals surface area contributed by atoms with Crippen LogP contribution in [0.4, 0.5) is 0 Å². The van der Waals surface area contributed by atoms with E-state index in [0.29, 0.717) is 10.9 Å². The average molecular weight is 309 g/mol. The van der Waals surface area contributed by atoms with Gasteiger partial charge in [-0.15, -0.1) is 11.3 Å². The van der Waals surface area contributed by atoms with Crippen LogP contribution in [-0.2, 0) is 16.4 Å². The van der Waals surface area contributed by atoms with Crippen molar-refractivity contribution >= 4 is 21.2 Å². The monoisotopic (exact) mass is 309 g/mol. The van der Waals surface area contributed by atoms with Gasteiger partial charge in [-0.1, -0.05) is 25.1 Å². The van der Waals surface area contributed by atoms with Crippen molar-refractivity contribution in [3.8, 4) is 0 Å². The van der Waals surface area contributed by atoms with Crippen LogP contribution in [0.15, 0.2) is 46.7 Å². The first-order chi connectivity index (χ1) is 9.50. The van der Waals surface area contributed by atoms with Gasteiger partial charge in [0.15, 0.2) is 9.84 Å². The summed E-state index contributed by atoms with van der Waals surface area (Å²) in [4.78, 5) is 1.70. The fourth-order valence-corrected chi connectivity index (χ4v) is 3.55. The molecule has 0 fully saturated rings. The first kappa shape index (κ1) is 15.2. The molecule has 0 saturated heterocycles. The Morgan fingerprint density at radius 2 is 1.90 bits per heavy atom. The largest absolute Gasteiger partial charge is 0.305 e. The molecule has 0 amide bonds. The highest BCUT2D eigenvalue weighted by Gasteiger charge is 2.10. The van der Waals surface area contributed by atoms with Crippen molar-refractivity contribution in [2.24, 2.45) is 0 Å². The predicted octanol–water partition coefficient (Wildman–Crippen LogP) is 3.39. The van der Waals surface area contributed by atoms with Gasteiger partial charge in [-0.25, -0.2) is 8.42 Å². The molecule has 2 aromatic rings. The van der Waals surface area contributed by atoms with Crippen molar-refractivity contribution in [3.05, 3.63) is 52.2 Å². The molecule has 0 radical (unpaired) electrons. The number of thiophene rings is 1. The smallest absolute Gasteiger partial charge is 0.175 e. The lowest BCUT2D eigenvalue weighted by molar-refractivity contribution is 0.526. The Labute approximate surface area is 124 Å². The molecule has 1 aromatic heterocycles. The van der Waals surface area contributed by atoms with Crippen LogP contribution in [0.1, 0.15) is 29.8 Å². The van der Waals surface area contributed by atoms with Gasteiger partial charge < -0.3 is 5.32 Å². The molecule has 0 saturated carbocycles. The van der Waals surface area contributed by atoms with E-state index in [4.69, 9.17) is 0 Å². The summed E-state index contributed by atoms with van der Waals surface area (Å²) in [6.45, 7) is 2.89. The lowest BCUT2D eigenvalue weighted by Crippen LogP contribution is -2.19. The molecule has 0 spiro atoms. The van der Waals surface area contributed by atoms with Gasteiger partial charge in [0.2, 0.25) is 0 Å². The van der Waals surface area contributed by atoms with Crippen LogP contribution in [0, 0.1) is 0 Å². The second-order valence-electron chi connectivity index (χ2n) is 4.77. The van der Waals surface area contributed by atoms with E-state index in [1.165, 1.54) is 11.1 Å². The molecular formula is C15H19NO2S2. The summed E-state index contributed by atoms with van der Waals surface area (Å²) in [5.41, 5.74) is 1.09. The Kier molecular flexibility index (Phi) is 4.96. The first-order valence-corrected chi connectivity index (χ1v) is 9.33. The van der Waals surface area contributed by atoms with Crippen molar-refractivity contribution < 1.29 is 8.42 Å². The Bertz CT molecular complexity index is 631. The van der Waals surface area contributed by atoms with E-state index >= 15 is 0 Å². The fraction of sp³-hybridized carbons (Fsp3) is 0.333. The van der Waals surface area contributed by atoms with Gasteiger partial charge in [-0.3, -0.25) is 0 Å². The summed E-state index contributed by atoms with van der Waals surface area (Å²) in [6.07, 6.45) is 2.26. The van der Waals surface area contributed by atoms with Crippen molar-refractivity contribution in [1.82, 2.24) is 5.32 Å². The van der Waals surface area contributed by atoms with Crippen LogP contribution in [0.5, 0.6) is 0 Å². The highest BCUT2D eigenvalue weighted by molar-refractivity contribution is 7.90. The molecule has 2 rings (SSSR count). The molecule has 0 aliphatic heterocycles. The van der Waals surface area contributed by atoms with Gasteiger partial charge in [-0.2, -0.15) is 0 Å². The molecule has 5 heteroatoms. The van der Waals surface area contributed by atoms with Gasteiger partial charge in [0, 0.05) is 23.7 Å². The molecule has 1 N–H and O–H groups in total. The number of rotatable bonds is 6. The Hall–Kier alpha value is -1.17. The molecule has 1 atom stereocenters. The molecule has 0 aliphatic rings. The van der Waals surface area contributed by atoms with E-state index in [0.717, 1.165) is 18.5 Å². The molecule has 3 nitrogen and oxygen atoms in total. The maximum atomic E-state index is 11.4. The molecule has 0 aliphatic carbocycles. The van der Waals surface area contributed by atoms with Crippen LogP contribution >= 0.6 is 11.3 Å². The SMILES string of the molecule is CCC(NCc1ccc(S(C)(=O)=O)cc1)c1cccs1. The number of nitrogens with one attached hydrogen (secondary N) is 1. The normalized spacial score (nSPS) is 13.3. The maximum Gasteiger partial charge on any atom is 0.175 e. The zero-order chi connectivity index (χ0) is 14.6. The van der Waals surface area contributed by atoms with Crippen LogP contribution in [0.2, 0.25) is 0 Å². The molecule has 20 heavy (non-hydrogen) atoms. The van der Waals surface area contributed by atoms with Gasteiger partial charge in [0.1, 0.15) is 0 Å². The standard InChI is InChI=1S/C15H19NO2S2/c1-3-14(15-5-4-10-19-15)16-11-12-6-8-13(9-7-12)20(2,17)18/h4-10,14,16H,3,11H2,1-2H3. The number of hydrogen-bond donors (Lipinski definition) is 1. The van der Waals surface area contributed by atoms with Crippen LogP contribution in [0.25, 0.3) is 0 Å². The predicted molar refractivity (Wildman–Crippen MR) is 83.7 cm³/mol. The van der Waals surface area contributed by atoms with E-state index in [-0.39, 0.29) is 0 Å². The molecular weight excluding hydrogens is 290 g/mol. The average Bonchev–Trinajstić information content (AvgIpc) is 2.93. The zero-order valence-electron chi connectivity index (χ0n) is 11.7. The van der Waals surface area contributed by atoms with Crippen LogP contribution in [-0.4, -0.2) is 14.7 Å². The van der Waals surface area contributed by atoms with Gasteiger partial charge in [0.25, 0.3) is 0 Å². The number of hydrogen-bond acceptors (Lipinski definition) is 4. The Balaban J connectivity index is 2.00. The zero-order valence-corrected chi connectivity index (χ0v) is 13.3. The van der Waals surface area contributed by atoms with E-state index in [2.05, 4.69) is 29.8 Å². The quantitative estimate of drug-likeness (QED) is 0.889.